The fourth-order valence-electron chi connectivity index (χ4n) is 2.81. The van der Waals surface area contributed by atoms with Crippen molar-refractivity contribution in [3.63, 3.8) is 0 Å². The number of fused-ring (bicyclic) bond motifs is 1. The van der Waals surface area contributed by atoms with Crippen LogP contribution < -0.4 is 0 Å². The van der Waals surface area contributed by atoms with E-state index in [1.54, 1.807) is 11.8 Å². The fourth-order valence-corrected chi connectivity index (χ4v) is 4.24. The Morgan fingerprint density at radius 2 is 2.29 bits per heavy atom. The Bertz CT molecular complexity index is 668. The number of imidazole rings is 1. The highest BCUT2D eigenvalue weighted by atomic mass is 35.5. The van der Waals surface area contributed by atoms with Gasteiger partial charge >= 0.3 is 0 Å². The third-order valence-electron chi connectivity index (χ3n) is 3.87. The van der Waals surface area contributed by atoms with Crippen LogP contribution in [-0.4, -0.2) is 20.6 Å². The third-order valence-corrected chi connectivity index (χ3v) is 5.41. The Balaban J connectivity index is 1.96. The molecule has 0 saturated heterocycles. The van der Waals surface area contributed by atoms with Crippen LogP contribution in [0, 0.1) is 0 Å². The Labute approximate surface area is 134 Å². The molecule has 1 aromatic heterocycles. The van der Waals surface area contributed by atoms with E-state index < -0.39 is 0 Å². The second-order valence-corrected chi connectivity index (χ2v) is 7.10. The number of carbonyl (C=O) groups excluding carboxylic acids is 1. The number of carbonyl (C=O) groups is 1. The van der Waals surface area contributed by atoms with Crippen molar-refractivity contribution in [3.8, 4) is 0 Å². The molecule has 0 bridgehead atoms. The number of hydrogen-bond donors (Lipinski definition) is 0. The van der Waals surface area contributed by atoms with Crippen molar-refractivity contribution in [3.05, 3.63) is 23.2 Å². The second-order valence-electron chi connectivity index (χ2n) is 5.50. The van der Waals surface area contributed by atoms with Crippen molar-refractivity contribution in [1.29, 1.82) is 0 Å². The van der Waals surface area contributed by atoms with Gasteiger partial charge in [-0.15, -0.1) is 0 Å². The highest BCUT2D eigenvalue weighted by Gasteiger charge is 2.25. The van der Waals surface area contributed by atoms with Gasteiger partial charge < -0.3 is 4.57 Å². The van der Waals surface area contributed by atoms with Crippen LogP contribution in [-0.2, 0) is 11.3 Å². The molecule has 1 aliphatic rings. The van der Waals surface area contributed by atoms with Gasteiger partial charge in [0.05, 0.1) is 16.3 Å². The Kier molecular flexibility index (Phi) is 4.55. The van der Waals surface area contributed by atoms with Crippen molar-refractivity contribution in [2.75, 3.05) is 0 Å². The summed E-state index contributed by atoms with van der Waals surface area (Å²) >= 11 is 7.69. The van der Waals surface area contributed by atoms with E-state index in [0.29, 0.717) is 10.8 Å². The summed E-state index contributed by atoms with van der Waals surface area (Å²) < 4.78 is 2.22. The number of nitrogens with zero attached hydrogens (tertiary/aromatic N) is 2. The van der Waals surface area contributed by atoms with Crippen LogP contribution in [0.3, 0.4) is 0 Å². The number of Topliss-reactive ketones (excluding diaryl/α,β-unsaturated/α-hetero) is 1. The van der Waals surface area contributed by atoms with Crippen LogP contribution in [0.15, 0.2) is 23.4 Å². The number of aryl methyl sites for hydroxylation is 1. The molecule has 0 N–H and O–H groups in total. The highest BCUT2D eigenvalue weighted by molar-refractivity contribution is 8.00. The molecule has 1 aliphatic carbocycles. The zero-order chi connectivity index (χ0) is 14.8. The maximum absolute atomic E-state index is 12.1. The van der Waals surface area contributed by atoms with Gasteiger partial charge in [0.1, 0.15) is 5.78 Å². The maximum Gasteiger partial charge on any atom is 0.169 e. The van der Waals surface area contributed by atoms with Gasteiger partial charge in [-0.2, -0.15) is 0 Å². The first kappa shape index (κ1) is 14.9. The Morgan fingerprint density at radius 1 is 1.43 bits per heavy atom. The molecule has 21 heavy (non-hydrogen) atoms. The van der Waals surface area contributed by atoms with Gasteiger partial charge in [-0.1, -0.05) is 36.7 Å². The topological polar surface area (TPSA) is 34.9 Å². The van der Waals surface area contributed by atoms with E-state index >= 15 is 0 Å². The molecule has 1 aromatic carbocycles. The highest BCUT2D eigenvalue weighted by Crippen LogP contribution is 2.33. The smallest absolute Gasteiger partial charge is 0.169 e. The fraction of sp³-hybridized carbons (Fsp3) is 0.500. The lowest BCUT2D eigenvalue weighted by atomic mass is 9.99. The summed E-state index contributed by atoms with van der Waals surface area (Å²) in [5, 5.41) is 1.73. The van der Waals surface area contributed by atoms with E-state index in [-0.39, 0.29) is 5.25 Å². The minimum Gasteiger partial charge on any atom is -0.319 e. The van der Waals surface area contributed by atoms with Gasteiger partial charge in [0.15, 0.2) is 5.16 Å². The second kappa shape index (κ2) is 6.41. The lowest BCUT2D eigenvalue weighted by molar-refractivity contribution is -0.119. The molecule has 0 aliphatic heterocycles. The molecule has 2 aromatic rings. The summed E-state index contributed by atoms with van der Waals surface area (Å²) in [6.45, 7) is 3.07. The molecule has 0 spiro atoms. The summed E-state index contributed by atoms with van der Waals surface area (Å²) in [6.07, 6.45) is 4.91. The average Bonchev–Trinajstić information content (AvgIpc) is 2.79. The first-order chi connectivity index (χ1) is 10.2. The summed E-state index contributed by atoms with van der Waals surface area (Å²) in [7, 11) is 0. The summed E-state index contributed by atoms with van der Waals surface area (Å²) in [5.41, 5.74) is 2.02. The number of benzene rings is 1. The van der Waals surface area contributed by atoms with Crippen LogP contribution >= 0.6 is 23.4 Å². The lowest BCUT2D eigenvalue weighted by Crippen LogP contribution is -2.21. The van der Waals surface area contributed by atoms with Crippen molar-refractivity contribution in [2.24, 2.45) is 0 Å². The van der Waals surface area contributed by atoms with E-state index in [4.69, 9.17) is 16.6 Å². The largest absolute Gasteiger partial charge is 0.319 e. The molecule has 1 heterocycles. The molecular weight excluding hydrogens is 304 g/mol. The van der Waals surface area contributed by atoms with E-state index in [1.807, 2.05) is 18.2 Å². The molecule has 0 amide bonds. The minimum absolute atomic E-state index is 0.0710. The van der Waals surface area contributed by atoms with Crippen LogP contribution in [0.4, 0.5) is 0 Å². The van der Waals surface area contributed by atoms with Gasteiger partial charge in [0.25, 0.3) is 0 Å². The monoisotopic (exact) mass is 322 g/mol. The molecule has 5 heteroatoms. The first-order valence-electron chi connectivity index (χ1n) is 7.54. The molecule has 1 fully saturated rings. The summed E-state index contributed by atoms with van der Waals surface area (Å²) in [4.78, 5) is 16.8. The molecule has 3 rings (SSSR count). The molecule has 112 valence electrons. The van der Waals surface area contributed by atoms with Gasteiger partial charge in [0.2, 0.25) is 0 Å². The van der Waals surface area contributed by atoms with Crippen LogP contribution in [0.5, 0.6) is 0 Å². The lowest BCUT2D eigenvalue weighted by Gasteiger charge is -2.19. The molecule has 1 unspecified atom stereocenters. The maximum atomic E-state index is 12.1. The van der Waals surface area contributed by atoms with E-state index in [9.17, 15) is 4.79 Å². The summed E-state index contributed by atoms with van der Waals surface area (Å²) in [5.74, 6) is 0.374. The number of halogens is 1. The summed E-state index contributed by atoms with van der Waals surface area (Å²) in [6, 6.07) is 5.82. The standard InChI is InChI=1S/C16H19ClN2OS/c1-2-9-19-13-8-7-11(17)10-12(13)18-16(19)21-15-6-4-3-5-14(15)20/h7-8,10,15H,2-6,9H2,1H3. The Morgan fingerprint density at radius 3 is 3.05 bits per heavy atom. The number of aromatic nitrogens is 2. The SMILES string of the molecule is CCCn1c(SC2CCCCC2=O)nc2cc(Cl)ccc21. The number of rotatable bonds is 4. The van der Waals surface area contributed by atoms with Crippen LogP contribution in [0.2, 0.25) is 5.02 Å². The number of ketones is 1. The molecule has 1 atom stereocenters. The third kappa shape index (κ3) is 3.11. The normalized spacial score (nSPS) is 19.3. The van der Waals surface area contributed by atoms with Crippen LogP contribution in [0.1, 0.15) is 39.0 Å². The zero-order valence-electron chi connectivity index (χ0n) is 12.1. The Hall–Kier alpha value is -1.00. The molecule has 3 nitrogen and oxygen atoms in total. The minimum atomic E-state index is 0.0710. The van der Waals surface area contributed by atoms with Gasteiger partial charge in [-0.3, -0.25) is 4.79 Å². The number of hydrogen-bond acceptors (Lipinski definition) is 3. The van der Waals surface area contributed by atoms with Gasteiger partial charge in [0, 0.05) is 18.0 Å². The average molecular weight is 323 g/mol. The molecule has 0 radical (unpaired) electrons. The van der Waals surface area contributed by atoms with Crippen molar-refractivity contribution >= 4 is 40.2 Å². The number of thioether (sulfide) groups is 1. The van der Waals surface area contributed by atoms with E-state index in [2.05, 4.69) is 11.5 Å². The predicted octanol–water partition coefficient (Wildman–Crippen LogP) is 4.70. The zero-order valence-corrected chi connectivity index (χ0v) is 13.7. The molecule has 1 saturated carbocycles. The van der Waals surface area contributed by atoms with Crippen molar-refractivity contribution in [1.82, 2.24) is 9.55 Å². The quantitative estimate of drug-likeness (QED) is 0.818. The van der Waals surface area contributed by atoms with Crippen LogP contribution in [0.25, 0.3) is 11.0 Å². The van der Waals surface area contributed by atoms with Crippen molar-refractivity contribution in [2.45, 2.75) is 56.0 Å². The van der Waals surface area contributed by atoms with E-state index in [1.165, 1.54) is 0 Å². The predicted molar refractivity (Wildman–Crippen MR) is 88.2 cm³/mol. The first-order valence-corrected chi connectivity index (χ1v) is 8.80. The van der Waals surface area contributed by atoms with E-state index in [0.717, 1.165) is 54.8 Å². The van der Waals surface area contributed by atoms with Crippen molar-refractivity contribution < 1.29 is 4.79 Å². The van der Waals surface area contributed by atoms with Gasteiger partial charge in [-0.05, 0) is 37.5 Å². The molecular formula is C16H19ClN2OS. The van der Waals surface area contributed by atoms with Gasteiger partial charge in [-0.25, -0.2) is 4.98 Å².